The van der Waals surface area contributed by atoms with Crippen molar-refractivity contribution in [3.63, 3.8) is 0 Å². The fourth-order valence-corrected chi connectivity index (χ4v) is 11.5. The molecule has 0 radical (unpaired) electrons. The molecule has 12 aromatic carbocycles. The third kappa shape index (κ3) is 2.91. The van der Waals surface area contributed by atoms with E-state index in [0.717, 1.165) is 39.3 Å². The highest BCUT2D eigenvalue weighted by molar-refractivity contribution is 6.46. The molecule has 50 heavy (non-hydrogen) atoms. The van der Waals surface area contributed by atoms with Gasteiger partial charge in [-0.2, -0.15) is 0 Å². The second kappa shape index (κ2) is 8.53. The summed E-state index contributed by atoms with van der Waals surface area (Å²) in [6, 6.07) is 38.2. The minimum absolute atomic E-state index is 1.05. The standard InChI is InChI=1S/C48H32N2/c1(15-49-21-33-17-29-11-7-25-3-4-26-8-12-30-18-34(22-49)37(33)47-43(29)39(25)40(26)44(30)47)2-16-50-23-35-19-31-13-9-27-5-6-28-10-14-32-20-36(24-50)38(35)48-45(31)41(27)42(28)46(32)48/h3-14,17-20H,1-2,15-16,21-24H2. The number of benzene rings is 10. The number of nitrogens with zero attached hydrogens (tertiary/aromatic N) is 2. The summed E-state index contributed by atoms with van der Waals surface area (Å²) in [7, 11) is 0. The fourth-order valence-electron chi connectivity index (χ4n) is 11.5. The van der Waals surface area contributed by atoms with Gasteiger partial charge in [0.05, 0.1) is 0 Å². The van der Waals surface area contributed by atoms with Gasteiger partial charge in [-0.25, -0.2) is 0 Å². The van der Waals surface area contributed by atoms with E-state index in [0.29, 0.717) is 0 Å². The Morgan fingerprint density at radius 3 is 0.800 bits per heavy atom. The van der Waals surface area contributed by atoms with Crippen LogP contribution in [0.2, 0.25) is 0 Å². The van der Waals surface area contributed by atoms with Gasteiger partial charge >= 0.3 is 0 Å². The molecule has 0 N–H and O–H groups in total. The lowest BCUT2D eigenvalue weighted by atomic mass is 9.89. The van der Waals surface area contributed by atoms with Gasteiger partial charge in [0.1, 0.15) is 0 Å². The molecule has 0 fully saturated rings. The van der Waals surface area contributed by atoms with E-state index in [9.17, 15) is 0 Å². The first-order valence-electron chi connectivity index (χ1n) is 18.6. The van der Waals surface area contributed by atoms with E-state index in [1.807, 2.05) is 0 Å². The maximum atomic E-state index is 2.72. The smallest absolute Gasteiger partial charge is 0.0243 e. The van der Waals surface area contributed by atoms with E-state index >= 15 is 0 Å². The van der Waals surface area contributed by atoms with Crippen molar-refractivity contribution in [3.8, 4) is 0 Å². The Morgan fingerprint density at radius 1 is 0.280 bits per heavy atom. The van der Waals surface area contributed by atoms with Crippen LogP contribution in [0.4, 0.5) is 0 Å². The zero-order valence-electron chi connectivity index (χ0n) is 27.8. The summed E-state index contributed by atoms with van der Waals surface area (Å²) >= 11 is 0. The van der Waals surface area contributed by atoms with Crippen molar-refractivity contribution in [2.45, 2.75) is 39.0 Å². The van der Waals surface area contributed by atoms with Crippen LogP contribution in [0.1, 0.15) is 35.1 Å². The third-order valence-electron chi connectivity index (χ3n) is 13.3. The monoisotopic (exact) mass is 636 g/mol. The first-order chi connectivity index (χ1) is 24.7. The second-order valence-corrected chi connectivity index (χ2v) is 15.9. The van der Waals surface area contributed by atoms with Crippen LogP contribution in [0, 0.1) is 0 Å². The van der Waals surface area contributed by atoms with E-state index in [1.54, 1.807) is 10.8 Å². The zero-order chi connectivity index (χ0) is 32.0. The lowest BCUT2D eigenvalue weighted by molar-refractivity contribution is 0.219. The normalized spacial score (nSPS) is 16.2. The average Bonchev–Trinajstić information content (AvgIpc) is 3.71. The van der Waals surface area contributed by atoms with Gasteiger partial charge < -0.3 is 0 Å². The number of hydrogen-bond donors (Lipinski definition) is 0. The summed E-state index contributed by atoms with van der Waals surface area (Å²) in [4.78, 5) is 5.44. The summed E-state index contributed by atoms with van der Waals surface area (Å²) in [5.74, 6) is 0. The van der Waals surface area contributed by atoms with Crippen LogP contribution in [0.25, 0.3) is 108 Å². The Kier molecular flexibility index (Phi) is 4.38. The molecule has 0 amide bonds. The first-order valence-corrected chi connectivity index (χ1v) is 18.6. The highest BCUT2D eigenvalue weighted by Crippen LogP contribution is 2.52. The van der Waals surface area contributed by atoms with Crippen molar-refractivity contribution >= 4 is 108 Å². The maximum Gasteiger partial charge on any atom is 0.0243 e. The van der Waals surface area contributed by atoms with E-state index in [2.05, 4.69) is 107 Å². The van der Waals surface area contributed by atoms with Crippen LogP contribution < -0.4 is 0 Å². The molecule has 2 aliphatic heterocycles. The first kappa shape index (κ1) is 25.7. The molecule has 14 rings (SSSR count). The van der Waals surface area contributed by atoms with Gasteiger partial charge in [-0.3, -0.25) is 9.80 Å². The Labute approximate surface area is 288 Å². The molecular weight excluding hydrogens is 605 g/mol. The van der Waals surface area contributed by atoms with Gasteiger partial charge in [0.25, 0.3) is 0 Å². The molecule has 234 valence electrons. The third-order valence-corrected chi connectivity index (χ3v) is 13.3. The largest absolute Gasteiger partial charge is 0.295 e. The predicted octanol–water partition coefficient (Wildman–Crippen LogP) is 12.0. The average molecular weight is 637 g/mol. The molecule has 0 spiro atoms. The van der Waals surface area contributed by atoms with Crippen molar-refractivity contribution in [3.05, 3.63) is 119 Å². The van der Waals surface area contributed by atoms with Gasteiger partial charge in [-0.05, 0) is 180 Å². The number of hydrogen-bond acceptors (Lipinski definition) is 2. The van der Waals surface area contributed by atoms with Gasteiger partial charge in [-0.15, -0.1) is 0 Å². The number of unbranched alkanes of at least 4 members (excludes halogenated alkanes) is 1. The molecule has 0 unspecified atom stereocenters. The SMILES string of the molecule is c1cc2ccc3cc4c5c(cc6ccc1c1c2c3c5c61)CN(CCCCN1Cc2cc3ccc5ccc6ccc7cc(c2c2c3c5c6c72)C1)C4. The number of rotatable bonds is 5. The molecule has 0 aromatic heterocycles. The van der Waals surface area contributed by atoms with Crippen LogP contribution in [-0.4, -0.2) is 22.9 Å². The van der Waals surface area contributed by atoms with Gasteiger partial charge in [-0.1, -0.05) is 72.8 Å². The molecule has 0 saturated heterocycles. The van der Waals surface area contributed by atoms with Gasteiger partial charge in [0, 0.05) is 26.2 Å². The van der Waals surface area contributed by atoms with Crippen molar-refractivity contribution in [1.82, 2.24) is 9.80 Å². The molecule has 0 aliphatic carbocycles. The molecule has 2 heterocycles. The van der Waals surface area contributed by atoms with Crippen LogP contribution in [0.15, 0.2) is 97.1 Å². The predicted molar refractivity (Wildman–Crippen MR) is 213 cm³/mol. The minimum atomic E-state index is 1.05. The summed E-state index contributed by atoms with van der Waals surface area (Å²) < 4.78 is 0. The van der Waals surface area contributed by atoms with E-state index < -0.39 is 0 Å². The molecule has 2 heteroatoms. The van der Waals surface area contributed by atoms with E-state index in [1.165, 1.54) is 132 Å². The van der Waals surface area contributed by atoms with Gasteiger partial charge in [0.2, 0.25) is 0 Å². The van der Waals surface area contributed by atoms with Crippen LogP contribution >= 0.6 is 0 Å². The van der Waals surface area contributed by atoms with E-state index in [4.69, 9.17) is 0 Å². The van der Waals surface area contributed by atoms with Crippen LogP contribution in [0.5, 0.6) is 0 Å². The highest BCUT2D eigenvalue weighted by Gasteiger charge is 2.29. The molecule has 0 bridgehead atoms. The molecule has 2 aliphatic rings. The Bertz CT molecular complexity index is 2900. The van der Waals surface area contributed by atoms with Crippen molar-refractivity contribution < 1.29 is 0 Å². The molecular formula is C48H32N2. The Morgan fingerprint density at radius 2 is 0.520 bits per heavy atom. The summed E-state index contributed by atoms with van der Waals surface area (Å²) in [6.45, 7) is 6.51. The highest BCUT2D eigenvalue weighted by atomic mass is 15.1. The summed E-state index contributed by atoms with van der Waals surface area (Å²) in [5, 5.41) is 29.3. The van der Waals surface area contributed by atoms with Crippen LogP contribution in [-0.2, 0) is 26.2 Å². The molecule has 2 nitrogen and oxygen atoms in total. The lowest BCUT2D eigenvalue weighted by Crippen LogP contribution is -2.30. The van der Waals surface area contributed by atoms with Crippen molar-refractivity contribution in [2.75, 3.05) is 13.1 Å². The molecule has 0 atom stereocenters. The zero-order valence-corrected chi connectivity index (χ0v) is 27.8. The summed E-state index contributed by atoms with van der Waals surface area (Å²) in [6.07, 6.45) is 2.46. The quantitative estimate of drug-likeness (QED) is 0.137. The Hall–Kier alpha value is -5.28. The second-order valence-electron chi connectivity index (χ2n) is 15.9. The minimum Gasteiger partial charge on any atom is -0.295 e. The fraction of sp³-hybridized carbons (Fsp3) is 0.167. The van der Waals surface area contributed by atoms with Crippen molar-refractivity contribution in [1.29, 1.82) is 0 Å². The molecule has 0 saturated carbocycles. The van der Waals surface area contributed by atoms with Gasteiger partial charge in [0.15, 0.2) is 0 Å². The summed E-state index contributed by atoms with van der Waals surface area (Å²) in [5.41, 5.74) is 6.09. The molecule has 12 aromatic rings. The maximum absolute atomic E-state index is 2.72. The van der Waals surface area contributed by atoms with E-state index in [-0.39, 0.29) is 0 Å². The lowest BCUT2D eigenvalue weighted by Gasteiger charge is -2.31. The van der Waals surface area contributed by atoms with Crippen molar-refractivity contribution in [2.24, 2.45) is 0 Å². The topological polar surface area (TPSA) is 6.48 Å². The Balaban J connectivity index is 0.766. The van der Waals surface area contributed by atoms with Crippen LogP contribution in [0.3, 0.4) is 0 Å².